The molecule has 2 aliphatic rings. The topological polar surface area (TPSA) is 121 Å². The van der Waals surface area contributed by atoms with Gasteiger partial charge in [0.05, 0.1) is 41.1 Å². The molecule has 0 aliphatic heterocycles. The molecule has 10 heteroatoms. The molecule has 2 fully saturated rings. The van der Waals surface area contributed by atoms with Gasteiger partial charge in [0.25, 0.3) is 0 Å². The molecule has 9 nitrogen and oxygen atoms in total. The van der Waals surface area contributed by atoms with Crippen molar-refractivity contribution < 1.29 is 4.74 Å². The molecule has 0 spiro atoms. The van der Waals surface area contributed by atoms with Crippen molar-refractivity contribution in [3.8, 4) is 17.5 Å². The number of anilines is 2. The molecule has 35 heavy (non-hydrogen) atoms. The van der Waals surface area contributed by atoms with Crippen molar-refractivity contribution in [3.63, 3.8) is 0 Å². The van der Waals surface area contributed by atoms with Crippen LogP contribution < -0.4 is 16.0 Å². The van der Waals surface area contributed by atoms with E-state index in [9.17, 15) is 5.26 Å². The first-order valence-electron chi connectivity index (χ1n) is 12.6. The highest BCUT2D eigenvalue weighted by Gasteiger charge is 2.42. The average molecular weight is 499 g/mol. The summed E-state index contributed by atoms with van der Waals surface area (Å²) in [6.45, 7) is 6.48. The van der Waals surface area contributed by atoms with Gasteiger partial charge < -0.3 is 20.7 Å². The highest BCUT2D eigenvalue weighted by atomic mass is 35.5. The van der Waals surface area contributed by atoms with Crippen LogP contribution in [0.15, 0.2) is 18.6 Å². The van der Waals surface area contributed by atoms with Crippen LogP contribution >= 0.6 is 11.6 Å². The number of nitriles is 1. The van der Waals surface area contributed by atoms with Gasteiger partial charge in [-0.2, -0.15) is 5.26 Å². The van der Waals surface area contributed by atoms with E-state index in [0.717, 1.165) is 58.1 Å². The van der Waals surface area contributed by atoms with Crippen LogP contribution in [0.3, 0.4) is 0 Å². The van der Waals surface area contributed by atoms with Crippen molar-refractivity contribution in [2.75, 3.05) is 30.3 Å². The van der Waals surface area contributed by atoms with Crippen molar-refractivity contribution in [1.82, 2.24) is 25.3 Å². The molecule has 2 saturated carbocycles. The number of hydrogen-bond acceptors (Lipinski definition) is 9. The second kappa shape index (κ2) is 11.9. The van der Waals surface area contributed by atoms with Gasteiger partial charge in [0.15, 0.2) is 0 Å². The first-order valence-corrected chi connectivity index (χ1v) is 13.0. The second-order valence-corrected chi connectivity index (χ2v) is 10.1. The maximum Gasteiger partial charge on any atom is 0.223 e. The first-order chi connectivity index (χ1) is 17.0. The number of rotatable bonds is 12. The summed E-state index contributed by atoms with van der Waals surface area (Å²) < 4.78 is 5.76. The zero-order valence-electron chi connectivity index (χ0n) is 20.6. The Kier molecular flexibility index (Phi) is 8.71. The number of ether oxygens (including phenoxy) is 1. The van der Waals surface area contributed by atoms with Crippen LogP contribution in [-0.2, 0) is 4.74 Å². The van der Waals surface area contributed by atoms with E-state index in [4.69, 9.17) is 16.3 Å². The second-order valence-electron chi connectivity index (χ2n) is 9.66. The smallest absolute Gasteiger partial charge is 0.223 e. The highest BCUT2D eigenvalue weighted by Crippen LogP contribution is 2.44. The quantitative estimate of drug-likeness (QED) is 0.365. The van der Waals surface area contributed by atoms with Crippen molar-refractivity contribution >= 4 is 23.4 Å². The number of aromatic nitrogens is 4. The van der Waals surface area contributed by atoms with E-state index in [1.807, 2.05) is 6.07 Å². The van der Waals surface area contributed by atoms with Gasteiger partial charge in [0.1, 0.15) is 17.8 Å². The average Bonchev–Trinajstić information content (AvgIpc) is 3.68. The third-order valence-corrected chi connectivity index (χ3v) is 7.20. The Morgan fingerprint density at radius 1 is 1.20 bits per heavy atom. The lowest BCUT2D eigenvalue weighted by molar-refractivity contribution is 0.0635. The van der Waals surface area contributed by atoms with E-state index in [0.29, 0.717) is 52.9 Å². The predicted octanol–water partition coefficient (Wildman–Crippen LogP) is 4.43. The number of halogens is 1. The summed E-state index contributed by atoms with van der Waals surface area (Å²) in [5, 5.41) is 20.1. The zero-order chi connectivity index (χ0) is 24.7. The molecule has 0 radical (unpaired) electrons. The molecule has 1 unspecified atom stereocenters. The third kappa shape index (κ3) is 7.23. The third-order valence-electron chi connectivity index (χ3n) is 6.93. The molecule has 2 aromatic heterocycles. The lowest BCUT2D eigenvalue weighted by Crippen LogP contribution is -2.38. The molecule has 2 heterocycles. The van der Waals surface area contributed by atoms with Gasteiger partial charge in [0, 0.05) is 31.2 Å². The van der Waals surface area contributed by atoms with E-state index >= 15 is 0 Å². The molecule has 1 atom stereocenters. The van der Waals surface area contributed by atoms with Crippen LogP contribution in [0, 0.1) is 16.7 Å². The SMILES string of the molecule is CCC(C)OCCNC1CCC(Nc2ncc(Cl)c(-c3cc(NCC4(C#N)CC4)ncn3)n2)CC1. The van der Waals surface area contributed by atoms with Crippen LogP contribution in [0.4, 0.5) is 11.8 Å². The molecule has 188 valence electrons. The number of hydrogen-bond donors (Lipinski definition) is 3. The summed E-state index contributed by atoms with van der Waals surface area (Å²) in [6.07, 6.45) is 10.6. The van der Waals surface area contributed by atoms with Crippen molar-refractivity contribution in [1.29, 1.82) is 5.26 Å². The largest absolute Gasteiger partial charge is 0.377 e. The molecule has 2 aromatic rings. The van der Waals surface area contributed by atoms with Crippen molar-refractivity contribution in [2.45, 2.75) is 77.0 Å². The normalized spacial score (nSPS) is 21.7. The fourth-order valence-corrected chi connectivity index (χ4v) is 4.39. The predicted molar refractivity (Wildman–Crippen MR) is 137 cm³/mol. The standard InChI is InChI=1S/C25H35ClN8O/c1-3-17(2)35-11-10-28-18-4-6-19(7-5-18)33-24-29-13-20(26)23(34-24)21-12-22(32-16-31-21)30-15-25(14-27)8-9-25/h12-13,16-19,28H,3-11,15H2,1-2H3,(H,29,33,34)(H,30,31,32). The molecule has 0 bridgehead atoms. The Hall–Kier alpha value is -2.54. The molecule has 0 amide bonds. The zero-order valence-corrected chi connectivity index (χ0v) is 21.3. The van der Waals surface area contributed by atoms with Gasteiger partial charge in [-0.1, -0.05) is 18.5 Å². The summed E-state index contributed by atoms with van der Waals surface area (Å²) in [4.78, 5) is 17.7. The first kappa shape index (κ1) is 25.5. The molecule has 0 aromatic carbocycles. The fraction of sp³-hybridized carbons (Fsp3) is 0.640. The minimum atomic E-state index is -0.259. The Labute approximate surface area is 212 Å². The van der Waals surface area contributed by atoms with Gasteiger partial charge in [-0.05, 0) is 51.9 Å². The van der Waals surface area contributed by atoms with Gasteiger partial charge in [-0.15, -0.1) is 0 Å². The fourth-order valence-electron chi connectivity index (χ4n) is 4.20. The summed E-state index contributed by atoms with van der Waals surface area (Å²) in [6, 6.07) is 5.04. The van der Waals surface area contributed by atoms with Crippen LogP contribution in [-0.4, -0.2) is 57.8 Å². The number of nitrogens with one attached hydrogen (secondary N) is 3. The molecule has 3 N–H and O–H groups in total. The van der Waals surface area contributed by atoms with Gasteiger partial charge >= 0.3 is 0 Å². The summed E-state index contributed by atoms with van der Waals surface area (Å²) in [5.41, 5.74) is 0.921. The van der Waals surface area contributed by atoms with Crippen LogP contribution in [0.1, 0.15) is 58.8 Å². The van der Waals surface area contributed by atoms with E-state index in [2.05, 4.69) is 55.8 Å². The minimum absolute atomic E-state index is 0.259. The Bertz CT molecular complexity index is 1020. The van der Waals surface area contributed by atoms with Crippen molar-refractivity contribution in [2.24, 2.45) is 5.41 Å². The molecule has 4 rings (SSSR count). The summed E-state index contributed by atoms with van der Waals surface area (Å²) in [7, 11) is 0. The van der Waals surface area contributed by atoms with Crippen LogP contribution in [0.25, 0.3) is 11.4 Å². The lowest BCUT2D eigenvalue weighted by Gasteiger charge is -2.30. The van der Waals surface area contributed by atoms with E-state index in [-0.39, 0.29) is 5.41 Å². The van der Waals surface area contributed by atoms with E-state index < -0.39 is 0 Å². The molecule has 0 saturated heterocycles. The lowest BCUT2D eigenvalue weighted by atomic mass is 9.91. The van der Waals surface area contributed by atoms with Gasteiger partial charge in [0.2, 0.25) is 5.95 Å². The minimum Gasteiger partial charge on any atom is -0.377 e. The number of nitrogens with zero attached hydrogens (tertiary/aromatic N) is 5. The van der Waals surface area contributed by atoms with E-state index in [1.54, 1.807) is 6.20 Å². The Morgan fingerprint density at radius 3 is 2.69 bits per heavy atom. The van der Waals surface area contributed by atoms with Gasteiger partial charge in [-0.25, -0.2) is 19.9 Å². The van der Waals surface area contributed by atoms with Crippen LogP contribution in [0.2, 0.25) is 5.02 Å². The maximum absolute atomic E-state index is 9.29. The van der Waals surface area contributed by atoms with Crippen LogP contribution in [0.5, 0.6) is 0 Å². The molecular formula is C25H35ClN8O. The summed E-state index contributed by atoms with van der Waals surface area (Å²) >= 11 is 6.42. The van der Waals surface area contributed by atoms with Gasteiger partial charge in [-0.3, -0.25) is 0 Å². The maximum atomic E-state index is 9.29. The molecular weight excluding hydrogens is 464 g/mol. The monoisotopic (exact) mass is 498 g/mol. The summed E-state index contributed by atoms with van der Waals surface area (Å²) in [5.74, 6) is 1.21. The highest BCUT2D eigenvalue weighted by molar-refractivity contribution is 6.32. The molecule has 2 aliphatic carbocycles. The Balaban J connectivity index is 1.29. The van der Waals surface area contributed by atoms with E-state index in [1.165, 1.54) is 6.33 Å². The Morgan fingerprint density at radius 2 is 1.97 bits per heavy atom. The van der Waals surface area contributed by atoms with Crippen molar-refractivity contribution in [3.05, 3.63) is 23.6 Å².